The van der Waals surface area contributed by atoms with Crippen molar-refractivity contribution in [1.82, 2.24) is 14.0 Å². The van der Waals surface area contributed by atoms with Crippen LogP contribution in [0, 0.1) is 4.91 Å². The van der Waals surface area contributed by atoms with Crippen molar-refractivity contribution in [3.63, 3.8) is 0 Å². The molecule has 3 rings (SSSR count). The van der Waals surface area contributed by atoms with Crippen LogP contribution in [0.15, 0.2) is 29.7 Å². The highest BCUT2D eigenvalue weighted by molar-refractivity contribution is 5.98. The predicted molar refractivity (Wildman–Crippen MR) is 90.3 cm³/mol. The Morgan fingerprint density at radius 3 is 2.96 bits per heavy atom. The number of nitroso groups, excluding NO2 is 1. The lowest BCUT2D eigenvalue weighted by Crippen LogP contribution is -2.36. The molecule has 0 spiro atoms. The molecule has 23 heavy (non-hydrogen) atoms. The van der Waals surface area contributed by atoms with Gasteiger partial charge in [-0.3, -0.25) is 13.8 Å². The molecule has 2 atom stereocenters. The summed E-state index contributed by atoms with van der Waals surface area (Å²) in [6.45, 7) is 3.00. The second kappa shape index (κ2) is 5.58. The van der Waals surface area contributed by atoms with E-state index in [1.165, 1.54) is 0 Å². The minimum absolute atomic E-state index is 0.112. The van der Waals surface area contributed by atoms with Crippen LogP contribution in [-0.4, -0.2) is 29.1 Å². The second-order valence-corrected chi connectivity index (χ2v) is 5.97. The van der Waals surface area contributed by atoms with Crippen LogP contribution >= 0.6 is 0 Å². The monoisotopic (exact) mass is 314 g/mol. The Hall–Kier alpha value is -2.54. The molecule has 2 aromatic heterocycles. The molecular weight excluding hydrogens is 294 g/mol. The van der Waals surface area contributed by atoms with Crippen molar-refractivity contribution in [3.05, 3.63) is 35.1 Å². The smallest absolute Gasteiger partial charge is 0.217 e. The first-order chi connectivity index (χ1) is 11.0. The van der Waals surface area contributed by atoms with Crippen molar-refractivity contribution in [3.8, 4) is 0 Å². The molecule has 0 aliphatic carbocycles. The summed E-state index contributed by atoms with van der Waals surface area (Å²) >= 11 is 0. The Bertz CT molecular complexity index is 810. The van der Waals surface area contributed by atoms with Crippen molar-refractivity contribution in [2.45, 2.75) is 25.9 Å². The number of primary amides is 1. The van der Waals surface area contributed by atoms with E-state index in [1.807, 2.05) is 22.8 Å². The quantitative estimate of drug-likeness (QED) is 0.656. The molecule has 1 aliphatic heterocycles. The Morgan fingerprint density at radius 2 is 2.30 bits per heavy atom. The molecule has 3 heterocycles. The highest BCUT2D eigenvalue weighted by Gasteiger charge is 2.37. The van der Waals surface area contributed by atoms with Crippen LogP contribution in [0.2, 0.25) is 0 Å². The number of fused-ring (bicyclic) bond motifs is 3. The van der Waals surface area contributed by atoms with Gasteiger partial charge in [-0.1, -0.05) is 0 Å². The summed E-state index contributed by atoms with van der Waals surface area (Å²) in [5.74, 6) is -0.440. The largest absolute Gasteiger partial charge is 0.370 e. The molecule has 0 radical (unpaired) electrons. The van der Waals surface area contributed by atoms with Gasteiger partial charge in [0.15, 0.2) is 11.9 Å². The summed E-state index contributed by atoms with van der Waals surface area (Å²) in [6.07, 6.45) is 5.49. The van der Waals surface area contributed by atoms with Gasteiger partial charge in [-0.05, 0) is 24.2 Å². The van der Waals surface area contributed by atoms with E-state index in [-0.39, 0.29) is 12.8 Å². The third-order valence-corrected chi connectivity index (χ3v) is 4.57. The SMILES string of the molecule is CC[N+]1(C)C=Cc2c1c1cccnc1n2C(CCC(N)=O)N=O. The second-order valence-electron chi connectivity index (χ2n) is 5.97. The lowest BCUT2D eigenvalue weighted by Gasteiger charge is -2.24. The maximum Gasteiger partial charge on any atom is 0.217 e. The van der Waals surface area contributed by atoms with Crippen LogP contribution in [0.5, 0.6) is 0 Å². The molecule has 0 saturated carbocycles. The van der Waals surface area contributed by atoms with Gasteiger partial charge in [0.05, 0.1) is 19.0 Å². The molecule has 2 N–H and O–H groups in total. The molecule has 120 valence electrons. The van der Waals surface area contributed by atoms with Crippen molar-refractivity contribution >= 4 is 28.7 Å². The fourth-order valence-electron chi connectivity index (χ4n) is 3.21. The minimum atomic E-state index is -0.697. The third kappa shape index (κ3) is 2.33. The summed E-state index contributed by atoms with van der Waals surface area (Å²) in [7, 11) is 2.12. The number of carbonyl (C=O) groups is 1. The first-order valence-electron chi connectivity index (χ1n) is 7.66. The number of aromatic nitrogens is 2. The lowest BCUT2D eigenvalue weighted by atomic mass is 10.2. The van der Waals surface area contributed by atoms with E-state index < -0.39 is 12.1 Å². The summed E-state index contributed by atoms with van der Waals surface area (Å²) in [5.41, 5.74) is 7.97. The number of hydrogen-bond donors (Lipinski definition) is 1. The molecular formula is C16H20N5O2+. The number of carbonyl (C=O) groups excluding carboxylic acids is 1. The van der Waals surface area contributed by atoms with E-state index >= 15 is 0 Å². The lowest BCUT2D eigenvalue weighted by molar-refractivity contribution is -0.118. The summed E-state index contributed by atoms with van der Waals surface area (Å²) in [5, 5.41) is 4.23. The van der Waals surface area contributed by atoms with Crippen molar-refractivity contribution in [2.75, 3.05) is 13.6 Å². The number of amides is 1. The van der Waals surface area contributed by atoms with Gasteiger partial charge in [-0.15, -0.1) is 4.91 Å². The molecule has 7 nitrogen and oxygen atoms in total. The number of quaternary nitrogens is 1. The van der Waals surface area contributed by atoms with Crippen molar-refractivity contribution in [2.24, 2.45) is 10.9 Å². The molecule has 0 aromatic carbocycles. The average molecular weight is 314 g/mol. The van der Waals surface area contributed by atoms with Gasteiger partial charge in [0.1, 0.15) is 17.5 Å². The number of pyridine rings is 1. The number of nitrogens with zero attached hydrogens (tertiary/aromatic N) is 4. The molecule has 1 amide bonds. The predicted octanol–water partition coefficient (Wildman–Crippen LogP) is 2.51. The van der Waals surface area contributed by atoms with Gasteiger partial charge < -0.3 is 5.73 Å². The maximum absolute atomic E-state index is 11.4. The molecule has 0 saturated heterocycles. The topological polar surface area (TPSA) is 90.3 Å². The molecule has 1 aliphatic rings. The van der Waals surface area contributed by atoms with Crippen LogP contribution in [0.1, 0.15) is 31.6 Å². The summed E-state index contributed by atoms with van der Waals surface area (Å²) in [4.78, 5) is 26.9. The van der Waals surface area contributed by atoms with Gasteiger partial charge in [0, 0.05) is 25.1 Å². The molecule has 2 unspecified atom stereocenters. The number of nitrogens with two attached hydrogens (primary N) is 1. The van der Waals surface area contributed by atoms with E-state index in [4.69, 9.17) is 5.73 Å². The first-order valence-corrected chi connectivity index (χ1v) is 7.66. The molecule has 0 fully saturated rings. The van der Waals surface area contributed by atoms with E-state index in [1.54, 1.807) is 6.20 Å². The van der Waals surface area contributed by atoms with Crippen molar-refractivity contribution in [1.29, 1.82) is 0 Å². The highest BCUT2D eigenvalue weighted by Crippen LogP contribution is 2.44. The normalized spacial score (nSPS) is 20.6. The fraction of sp³-hybridized carbons (Fsp3) is 0.375. The standard InChI is InChI=1S/C16H19N5O2/c1-3-21(2)10-8-12-15(21)11-5-4-9-18-16(11)20(12)14(19-23)7-6-13(17)22/h4-5,8-10,14H,3,6-7H2,1-2H3,(H-,17,22)/p+1. The summed E-state index contributed by atoms with van der Waals surface area (Å²) < 4.78 is 2.47. The average Bonchev–Trinajstić information content (AvgIpc) is 3.05. The zero-order valence-corrected chi connectivity index (χ0v) is 13.3. The van der Waals surface area contributed by atoms with Gasteiger partial charge in [0.25, 0.3) is 0 Å². The number of rotatable bonds is 6. The van der Waals surface area contributed by atoms with Crippen LogP contribution in [0.4, 0.5) is 5.69 Å². The molecule has 2 aromatic rings. The fourth-order valence-corrected chi connectivity index (χ4v) is 3.21. The maximum atomic E-state index is 11.4. The van der Waals surface area contributed by atoms with Crippen LogP contribution in [0.25, 0.3) is 17.1 Å². The Balaban J connectivity index is 2.20. The van der Waals surface area contributed by atoms with E-state index in [2.05, 4.69) is 30.3 Å². The Kier molecular flexibility index (Phi) is 3.73. The minimum Gasteiger partial charge on any atom is -0.370 e. The van der Waals surface area contributed by atoms with E-state index in [9.17, 15) is 9.70 Å². The van der Waals surface area contributed by atoms with Crippen LogP contribution < -0.4 is 10.2 Å². The Morgan fingerprint density at radius 1 is 1.52 bits per heavy atom. The first kappa shape index (κ1) is 15.4. The Labute approximate surface area is 134 Å². The van der Waals surface area contributed by atoms with Gasteiger partial charge in [0.2, 0.25) is 5.91 Å². The van der Waals surface area contributed by atoms with E-state index in [0.29, 0.717) is 10.1 Å². The summed E-state index contributed by atoms with van der Waals surface area (Å²) in [6, 6.07) is 3.89. The number of hydrogen-bond acceptors (Lipinski definition) is 4. The van der Waals surface area contributed by atoms with Crippen LogP contribution in [-0.2, 0) is 4.79 Å². The van der Waals surface area contributed by atoms with Crippen molar-refractivity contribution < 1.29 is 4.79 Å². The van der Waals surface area contributed by atoms with E-state index in [0.717, 1.165) is 23.3 Å². The van der Waals surface area contributed by atoms with Gasteiger partial charge in [-0.2, -0.15) is 0 Å². The highest BCUT2D eigenvalue weighted by atomic mass is 16.3. The van der Waals surface area contributed by atoms with Crippen LogP contribution in [0.3, 0.4) is 0 Å². The zero-order valence-electron chi connectivity index (χ0n) is 13.3. The van der Waals surface area contributed by atoms with Gasteiger partial charge in [-0.25, -0.2) is 4.98 Å². The zero-order chi connectivity index (χ0) is 16.6. The third-order valence-electron chi connectivity index (χ3n) is 4.57. The molecule has 7 heteroatoms. The van der Waals surface area contributed by atoms with Gasteiger partial charge >= 0.3 is 0 Å². The molecule has 0 bridgehead atoms.